The lowest BCUT2D eigenvalue weighted by molar-refractivity contribution is -0.0308. The summed E-state index contributed by atoms with van der Waals surface area (Å²) in [6, 6.07) is 0.532. The molecule has 0 aliphatic heterocycles. The van der Waals surface area contributed by atoms with Gasteiger partial charge in [0.25, 0.3) is 0 Å². The van der Waals surface area contributed by atoms with Gasteiger partial charge in [0.05, 0.1) is 5.60 Å². The molecular weight excluding hydrogens is 284 g/mol. The van der Waals surface area contributed by atoms with Crippen molar-refractivity contribution in [3.05, 3.63) is 12.2 Å². The Hall–Kier alpha value is -0.380. The first-order valence-electron chi connectivity index (χ1n) is 9.21. The first-order valence-corrected chi connectivity index (χ1v) is 9.21. The smallest absolute Gasteiger partial charge is 0.0639 e. The Balaban J connectivity index is 0.000000381. The van der Waals surface area contributed by atoms with Crippen molar-refractivity contribution in [3.8, 4) is 0 Å². The first-order chi connectivity index (χ1) is 10.3. The molecule has 0 amide bonds. The Morgan fingerprint density at radius 3 is 1.74 bits per heavy atom. The first kappa shape index (κ1) is 22.6. The average Bonchev–Trinajstić information content (AvgIpc) is 2.23. The Morgan fingerprint density at radius 1 is 0.913 bits per heavy atom. The summed E-state index contributed by atoms with van der Waals surface area (Å²) < 4.78 is 0. The molecule has 0 spiro atoms. The molecule has 2 fully saturated rings. The van der Waals surface area contributed by atoms with E-state index in [9.17, 15) is 5.11 Å². The van der Waals surface area contributed by atoms with E-state index in [1.807, 2.05) is 20.8 Å². The van der Waals surface area contributed by atoms with Crippen molar-refractivity contribution in [2.75, 3.05) is 0 Å². The standard InChI is InChI=1S/C9H19NO.C9H17N.C2H6/c1-8(2)4-7(10)5-9(3,11)6-8;1-7-4-8(10)6-9(2,3)5-7;1-2/h7,11H,4-6,10H2,1-3H3;8H,1,4-6,10H2,2-3H3;1-2H3/t7?,9-;;/m1../s1. The van der Waals surface area contributed by atoms with Crippen molar-refractivity contribution in [3.63, 3.8) is 0 Å². The van der Waals surface area contributed by atoms with Crippen molar-refractivity contribution in [2.45, 2.75) is 105 Å². The Labute approximate surface area is 144 Å². The quantitative estimate of drug-likeness (QED) is 0.578. The van der Waals surface area contributed by atoms with E-state index >= 15 is 0 Å². The van der Waals surface area contributed by atoms with Crippen LogP contribution in [0.3, 0.4) is 0 Å². The van der Waals surface area contributed by atoms with Gasteiger partial charge in [-0.25, -0.2) is 0 Å². The normalized spacial score (nSPS) is 35.3. The van der Waals surface area contributed by atoms with Crippen LogP contribution in [-0.2, 0) is 0 Å². The third-order valence-electron chi connectivity index (χ3n) is 4.47. The second-order valence-electron chi connectivity index (χ2n) is 9.27. The van der Waals surface area contributed by atoms with Gasteiger partial charge in [-0.3, -0.25) is 0 Å². The molecule has 0 bridgehead atoms. The van der Waals surface area contributed by atoms with E-state index in [4.69, 9.17) is 11.5 Å². The second kappa shape index (κ2) is 8.64. The van der Waals surface area contributed by atoms with Gasteiger partial charge < -0.3 is 16.6 Å². The fraction of sp³-hybridized carbons (Fsp3) is 0.900. The van der Waals surface area contributed by atoms with E-state index in [-0.39, 0.29) is 11.5 Å². The molecule has 2 saturated carbocycles. The second-order valence-corrected chi connectivity index (χ2v) is 9.27. The van der Waals surface area contributed by atoms with Crippen LogP contribution < -0.4 is 11.5 Å². The van der Waals surface area contributed by atoms with E-state index in [1.54, 1.807) is 0 Å². The number of rotatable bonds is 0. The summed E-state index contributed by atoms with van der Waals surface area (Å²) in [5.41, 5.74) is 13.1. The zero-order chi connectivity index (χ0) is 18.5. The lowest BCUT2D eigenvalue weighted by atomic mass is 9.69. The highest BCUT2D eigenvalue weighted by atomic mass is 16.3. The average molecular weight is 327 g/mol. The van der Waals surface area contributed by atoms with Gasteiger partial charge >= 0.3 is 0 Å². The summed E-state index contributed by atoms with van der Waals surface area (Å²) in [6.07, 6.45) is 5.98. The molecule has 0 radical (unpaired) electrons. The van der Waals surface area contributed by atoms with E-state index in [0.717, 1.165) is 38.5 Å². The van der Waals surface area contributed by atoms with E-state index in [0.29, 0.717) is 11.5 Å². The summed E-state index contributed by atoms with van der Waals surface area (Å²) in [7, 11) is 0. The maximum atomic E-state index is 9.80. The van der Waals surface area contributed by atoms with Crippen molar-refractivity contribution in [1.82, 2.24) is 0 Å². The minimum atomic E-state index is -0.541. The van der Waals surface area contributed by atoms with Gasteiger partial charge in [-0.1, -0.05) is 53.7 Å². The third-order valence-corrected chi connectivity index (χ3v) is 4.47. The molecule has 3 nitrogen and oxygen atoms in total. The molecular formula is C20H42N2O. The van der Waals surface area contributed by atoms with Crippen molar-refractivity contribution < 1.29 is 5.11 Å². The Morgan fingerprint density at radius 2 is 1.39 bits per heavy atom. The number of nitrogens with two attached hydrogens (primary N) is 2. The molecule has 23 heavy (non-hydrogen) atoms. The van der Waals surface area contributed by atoms with Gasteiger partial charge in [0, 0.05) is 12.1 Å². The molecule has 3 atom stereocenters. The Bertz CT molecular complexity index is 356. The van der Waals surface area contributed by atoms with Crippen LogP contribution in [0.25, 0.3) is 0 Å². The molecule has 2 aliphatic rings. The fourth-order valence-electron chi connectivity index (χ4n) is 4.50. The van der Waals surface area contributed by atoms with E-state index in [2.05, 4.69) is 34.3 Å². The molecule has 3 heteroatoms. The maximum absolute atomic E-state index is 9.80. The van der Waals surface area contributed by atoms with Crippen LogP contribution in [0, 0.1) is 10.8 Å². The molecule has 2 aliphatic carbocycles. The summed E-state index contributed by atoms with van der Waals surface area (Å²) in [6.45, 7) is 18.7. The van der Waals surface area contributed by atoms with Crippen molar-refractivity contribution in [2.24, 2.45) is 22.3 Å². The predicted octanol–water partition coefficient (Wildman–Crippen LogP) is 4.38. The van der Waals surface area contributed by atoms with E-state index < -0.39 is 5.60 Å². The molecule has 0 aromatic rings. The fourth-order valence-corrected chi connectivity index (χ4v) is 4.50. The van der Waals surface area contributed by atoms with Crippen molar-refractivity contribution in [1.29, 1.82) is 0 Å². The van der Waals surface area contributed by atoms with Gasteiger partial charge in [0.1, 0.15) is 0 Å². The number of aliphatic hydroxyl groups is 1. The monoisotopic (exact) mass is 326 g/mol. The lowest BCUT2D eigenvalue weighted by Gasteiger charge is -2.42. The maximum Gasteiger partial charge on any atom is 0.0639 e. The summed E-state index contributed by atoms with van der Waals surface area (Å²) in [4.78, 5) is 0. The molecule has 0 saturated heterocycles. The predicted molar refractivity (Wildman–Crippen MR) is 102 cm³/mol. The zero-order valence-electron chi connectivity index (χ0n) is 16.7. The highest BCUT2D eigenvalue weighted by molar-refractivity contribution is 5.06. The van der Waals surface area contributed by atoms with Crippen LogP contribution in [0.15, 0.2) is 12.2 Å². The van der Waals surface area contributed by atoms with Gasteiger partial charge in [0.15, 0.2) is 0 Å². The SMILES string of the molecule is C=C1CC(N)CC(C)(C)C1.CC.CC1(C)CC(N)C[C@@](C)(O)C1. The number of hydrogen-bond acceptors (Lipinski definition) is 3. The molecule has 0 heterocycles. The van der Waals surface area contributed by atoms with Crippen LogP contribution in [-0.4, -0.2) is 22.8 Å². The van der Waals surface area contributed by atoms with Gasteiger partial charge in [-0.2, -0.15) is 0 Å². The summed E-state index contributed by atoms with van der Waals surface area (Å²) in [5.74, 6) is 0. The topological polar surface area (TPSA) is 72.3 Å². The van der Waals surface area contributed by atoms with Crippen LogP contribution >= 0.6 is 0 Å². The van der Waals surface area contributed by atoms with Gasteiger partial charge in [-0.05, 0) is 56.3 Å². The molecule has 0 aromatic heterocycles. The highest BCUT2D eigenvalue weighted by Gasteiger charge is 2.38. The van der Waals surface area contributed by atoms with Crippen LogP contribution in [0.1, 0.15) is 87.0 Å². The minimum absolute atomic E-state index is 0.175. The molecule has 2 rings (SSSR count). The molecule has 5 N–H and O–H groups in total. The van der Waals surface area contributed by atoms with E-state index in [1.165, 1.54) is 5.57 Å². The highest BCUT2D eigenvalue weighted by Crippen LogP contribution is 2.40. The van der Waals surface area contributed by atoms with Crippen LogP contribution in [0.2, 0.25) is 0 Å². The van der Waals surface area contributed by atoms with Crippen molar-refractivity contribution >= 4 is 0 Å². The summed E-state index contributed by atoms with van der Waals surface area (Å²) in [5, 5.41) is 9.80. The lowest BCUT2D eigenvalue weighted by Crippen LogP contribution is -2.45. The van der Waals surface area contributed by atoms with Gasteiger partial charge in [0.2, 0.25) is 0 Å². The molecule has 138 valence electrons. The van der Waals surface area contributed by atoms with Gasteiger partial charge in [-0.15, -0.1) is 0 Å². The molecule has 0 aromatic carbocycles. The third kappa shape index (κ3) is 9.49. The van der Waals surface area contributed by atoms with Crippen LogP contribution in [0.5, 0.6) is 0 Å². The Kier molecular flexibility index (Phi) is 8.50. The molecule has 2 unspecified atom stereocenters. The minimum Gasteiger partial charge on any atom is -0.390 e. The zero-order valence-corrected chi connectivity index (χ0v) is 16.7. The summed E-state index contributed by atoms with van der Waals surface area (Å²) >= 11 is 0. The largest absolute Gasteiger partial charge is 0.390 e. The van der Waals surface area contributed by atoms with Crippen LogP contribution in [0.4, 0.5) is 0 Å². The number of hydrogen-bond donors (Lipinski definition) is 3.